The topological polar surface area (TPSA) is 67.3 Å². The van der Waals surface area contributed by atoms with E-state index < -0.39 is 18.0 Å². The minimum atomic E-state index is -4.05. The molecule has 1 aromatic heterocycles. The third kappa shape index (κ3) is 13.8. The maximum absolute atomic E-state index is 10.9. The van der Waals surface area contributed by atoms with Gasteiger partial charge in [-0.1, -0.05) is 66.2 Å². The van der Waals surface area contributed by atoms with Crippen molar-refractivity contribution < 1.29 is 33.4 Å². The van der Waals surface area contributed by atoms with E-state index in [-0.39, 0.29) is 32.7 Å². The van der Waals surface area contributed by atoms with Gasteiger partial charge in [-0.25, -0.2) is 0 Å². The summed E-state index contributed by atoms with van der Waals surface area (Å²) < 4.78 is 30.8. The molecule has 3 rings (SSSR count). The Kier molecular flexibility index (Phi) is 17.8. The zero-order valence-electron chi connectivity index (χ0n) is 24.9. The molecule has 0 amide bonds. The van der Waals surface area contributed by atoms with Gasteiger partial charge < -0.3 is 7.43 Å². The third-order valence-corrected chi connectivity index (χ3v) is 9.47. The summed E-state index contributed by atoms with van der Waals surface area (Å²) in [6.07, 6.45) is 4.36. The van der Waals surface area contributed by atoms with Crippen molar-refractivity contribution >= 4 is 23.3 Å². The van der Waals surface area contributed by atoms with E-state index in [1.165, 1.54) is 25.3 Å². The van der Waals surface area contributed by atoms with Crippen LogP contribution in [-0.4, -0.2) is 31.3 Å². The van der Waals surface area contributed by atoms with Crippen LogP contribution >= 0.6 is 7.92 Å². The van der Waals surface area contributed by atoms with Gasteiger partial charge in [0.25, 0.3) is 10.1 Å². The van der Waals surface area contributed by atoms with E-state index in [2.05, 4.69) is 46.5 Å². The Morgan fingerprint density at radius 2 is 1.49 bits per heavy atom. The molecule has 1 fully saturated rings. The van der Waals surface area contributed by atoms with E-state index in [9.17, 15) is 8.42 Å². The van der Waals surface area contributed by atoms with Crippen LogP contribution in [0.5, 0.6) is 0 Å². The van der Waals surface area contributed by atoms with Gasteiger partial charge in [0.05, 0.1) is 13.3 Å². The number of pyridine rings is 1. The Bertz CT molecular complexity index is 1000. The fraction of sp³-hybridized carbons (Fsp3) is 0.600. The van der Waals surface area contributed by atoms with Crippen LogP contribution in [0.25, 0.3) is 0 Å². The summed E-state index contributed by atoms with van der Waals surface area (Å²) in [4.78, 5) is 4.22. The van der Waals surface area contributed by atoms with Crippen molar-refractivity contribution in [2.75, 3.05) is 13.3 Å². The maximum atomic E-state index is 10.9. The van der Waals surface area contributed by atoms with Gasteiger partial charge in [-0.15, -0.1) is 0 Å². The zero-order chi connectivity index (χ0) is 27.0. The van der Waals surface area contributed by atoms with Gasteiger partial charge in [-0.3, -0.25) is 9.54 Å². The molecule has 1 aliphatic carbocycles. The average molecular weight is 644 g/mol. The van der Waals surface area contributed by atoms with Crippen molar-refractivity contribution in [2.45, 2.75) is 79.5 Å². The van der Waals surface area contributed by atoms with Crippen LogP contribution in [0, 0.1) is 50.4 Å². The van der Waals surface area contributed by atoms with Crippen molar-refractivity contribution in [3.05, 3.63) is 61.3 Å². The Morgan fingerprint density at radius 1 is 0.973 bits per heavy atom. The van der Waals surface area contributed by atoms with E-state index in [4.69, 9.17) is 4.55 Å². The predicted molar refractivity (Wildman–Crippen MR) is 160 cm³/mol. The molecule has 37 heavy (non-hydrogen) atoms. The Morgan fingerprint density at radius 3 is 1.84 bits per heavy atom. The second-order valence-corrected chi connectivity index (χ2v) is 15.6. The molecule has 1 saturated carbocycles. The molecule has 0 radical (unpaired) electrons. The van der Waals surface area contributed by atoms with Crippen molar-refractivity contribution in [2.24, 2.45) is 29.1 Å². The standard InChI is InChI=1S/C14H28.C8H11O3PS.C7H9N.CH3.Pd/c1-10(2)12-8-7-11(3)9-13(12)14(4,5)6;1-12(2)7-5-3-4-6-8(7)13(9,10)11;1-6-4-3-5-7(2)8-6;;/h10-13H,7-9H2,1-6H3;3-6H,1-2H3,(H,9,10,11);3-5H,1-2H3;1H3;/q;;;-1;/p+1. The number of nitrogens with zero attached hydrogens (tertiary/aromatic N) is 1. The minimum absolute atomic E-state index is 0. The first kappa shape index (κ1) is 38.5. The molecular weight excluding hydrogens is 592 g/mol. The summed E-state index contributed by atoms with van der Waals surface area (Å²) in [5.74, 6) is 3.72. The normalized spacial score (nSPS) is 19.4. The summed E-state index contributed by atoms with van der Waals surface area (Å²) >= 11 is 0. The summed E-state index contributed by atoms with van der Waals surface area (Å²) in [7, 11) is -4.92. The van der Waals surface area contributed by atoms with Crippen LogP contribution in [-0.2, 0) is 30.5 Å². The zero-order valence-corrected chi connectivity index (χ0v) is 28.3. The summed E-state index contributed by atoms with van der Waals surface area (Å²) in [6.45, 7) is 22.4. The monoisotopic (exact) mass is 643 g/mol. The first-order valence-electron chi connectivity index (χ1n) is 12.8. The SMILES string of the molecule is CC1CCC(C(C)C)C(C(C)(C)C)C1.C[PH+](C)c1ccccc1S(=O)(=O)O.Cc1cccc(C)n1.[CH3-].[Pd]. The van der Waals surface area contributed by atoms with Crippen LogP contribution in [0.2, 0.25) is 0 Å². The Hall–Kier alpha value is -0.628. The van der Waals surface area contributed by atoms with Gasteiger partial charge in [0.15, 0.2) is 0 Å². The molecule has 2 aromatic rings. The second kappa shape index (κ2) is 17.1. The largest absolute Gasteiger partial charge is 0.358 e. The molecule has 1 aliphatic rings. The molecule has 4 nitrogen and oxygen atoms in total. The molecular formula is C30H52NO3PPdS. The van der Waals surface area contributed by atoms with Gasteiger partial charge >= 0.3 is 0 Å². The fourth-order valence-corrected chi connectivity index (χ4v) is 7.58. The smallest absolute Gasteiger partial charge is 0.298 e. The number of hydrogen-bond acceptors (Lipinski definition) is 3. The molecule has 0 saturated heterocycles. The molecule has 3 unspecified atom stereocenters. The van der Waals surface area contributed by atoms with Crippen LogP contribution in [0.4, 0.5) is 0 Å². The minimum Gasteiger partial charge on any atom is -0.358 e. The van der Waals surface area contributed by atoms with Crippen LogP contribution < -0.4 is 5.30 Å². The third-order valence-electron chi connectivity index (χ3n) is 6.87. The van der Waals surface area contributed by atoms with Gasteiger partial charge in [0.2, 0.25) is 0 Å². The average Bonchev–Trinajstić information content (AvgIpc) is 2.73. The Labute approximate surface area is 244 Å². The van der Waals surface area contributed by atoms with Crippen LogP contribution in [0.1, 0.15) is 72.2 Å². The van der Waals surface area contributed by atoms with Crippen LogP contribution in [0.3, 0.4) is 0 Å². The number of benzene rings is 1. The molecule has 1 N–H and O–H groups in total. The van der Waals surface area contributed by atoms with Crippen molar-refractivity contribution in [1.29, 1.82) is 0 Å². The summed E-state index contributed by atoms with van der Waals surface area (Å²) in [5.41, 5.74) is 2.68. The van der Waals surface area contributed by atoms with Crippen molar-refractivity contribution in [1.82, 2.24) is 4.98 Å². The molecule has 0 spiro atoms. The van der Waals surface area contributed by atoms with Gasteiger partial charge in [-0.2, -0.15) is 8.42 Å². The molecule has 0 bridgehead atoms. The first-order chi connectivity index (χ1) is 16.0. The number of hydrogen-bond donors (Lipinski definition) is 1. The Balaban J connectivity index is 0. The molecule has 0 aliphatic heterocycles. The van der Waals surface area contributed by atoms with Gasteiger partial charge in [0.1, 0.15) is 10.2 Å². The number of aryl methyl sites for hydroxylation is 2. The summed E-state index contributed by atoms with van der Waals surface area (Å²) in [5, 5.41) is 0.745. The van der Waals surface area contributed by atoms with E-state index in [0.29, 0.717) is 5.41 Å². The molecule has 216 valence electrons. The van der Waals surface area contributed by atoms with E-state index in [0.717, 1.165) is 40.4 Å². The van der Waals surface area contributed by atoms with Crippen LogP contribution in [0.15, 0.2) is 47.4 Å². The molecule has 3 atom stereocenters. The van der Waals surface area contributed by atoms with Gasteiger partial charge in [-0.05, 0) is 80.0 Å². The van der Waals surface area contributed by atoms with E-state index >= 15 is 0 Å². The maximum Gasteiger partial charge on any atom is 0.298 e. The van der Waals surface area contributed by atoms with E-state index in [1.807, 2.05) is 45.4 Å². The molecule has 1 heterocycles. The number of rotatable bonds is 3. The second-order valence-electron chi connectivity index (χ2n) is 11.7. The van der Waals surface area contributed by atoms with Crippen molar-refractivity contribution in [3.8, 4) is 0 Å². The fourth-order valence-electron chi connectivity index (χ4n) is 4.98. The number of aromatic nitrogens is 1. The quantitative estimate of drug-likeness (QED) is 0.160. The first-order valence-corrected chi connectivity index (χ1v) is 16.7. The summed E-state index contributed by atoms with van der Waals surface area (Å²) in [6, 6.07) is 12.6. The van der Waals surface area contributed by atoms with Gasteiger partial charge in [0, 0.05) is 39.7 Å². The van der Waals surface area contributed by atoms with E-state index in [1.54, 1.807) is 18.2 Å². The molecule has 1 aromatic carbocycles. The molecule has 7 heteroatoms. The van der Waals surface area contributed by atoms with Crippen molar-refractivity contribution in [3.63, 3.8) is 0 Å². The predicted octanol–water partition coefficient (Wildman–Crippen LogP) is 7.92.